The zero-order chi connectivity index (χ0) is 20.6. The number of hydrogen-bond acceptors (Lipinski definition) is 4. The standard InChI is InChI=1S/C23H28N2O4/c1-18-7-10-20(11-8-18)29-17-23(27)25-15-13-24(14-16-25)22(26)12-9-19-5-3-4-6-21(19)28-2/h3-8,10-11H,9,12-17H2,1-2H3. The van der Waals surface area contributed by atoms with E-state index in [2.05, 4.69) is 0 Å². The quantitative estimate of drug-likeness (QED) is 0.722. The van der Waals surface area contributed by atoms with Crippen LogP contribution in [0.1, 0.15) is 17.5 Å². The molecule has 1 saturated heterocycles. The lowest BCUT2D eigenvalue weighted by Crippen LogP contribution is -2.51. The summed E-state index contributed by atoms with van der Waals surface area (Å²) < 4.78 is 10.9. The molecule has 0 atom stereocenters. The third-order valence-corrected chi connectivity index (χ3v) is 5.17. The lowest BCUT2D eigenvalue weighted by atomic mass is 10.1. The van der Waals surface area contributed by atoms with Crippen molar-refractivity contribution in [3.63, 3.8) is 0 Å². The van der Waals surface area contributed by atoms with Crippen molar-refractivity contribution in [2.45, 2.75) is 19.8 Å². The Morgan fingerprint density at radius 3 is 2.17 bits per heavy atom. The topological polar surface area (TPSA) is 59.1 Å². The Kier molecular flexibility index (Phi) is 7.11. The van der Waals surface area contributed by atoms with Crippen LogP contribution in [-0.4, -0.2) is 61.5 Å². The predicted molar refractivity (Wildman–Crippen MR) is 111 cm³/mol. The molecule has 0 saturated carbocycles. The van der Waals surface area contributed by atoms with Gasteiger partial charge in [0.1, 0.15) is 11.5 Å². The molecule has 1 aliphatic heterocycles. The van der Waals surface area contributed by atoms with E-state index >= 15 is 0 Å². The number of benzene rings is 2. The molecule has 0 unspecified atom stereocenters. The molecular formula is C23H28N2O4. The summed E-state index contributed by atoms with van der Waals surface area (Å²) in [5.41, 5.74) is 2.18. The summed E-state index contributed by atoms with van der Waals surface area (Å²) in [6.07, 6.45) is 1.08. The van der Waals surface area contributed by atoms with E-state index in [-0.39, 0.29) is 18.4 Å². The van der Waals surface area contributed by atoms with E-state index in [0.29, 0.717) is 44.8 Å². The predicted octanol–water partition coefficient (Wildman–Crippen LogP) is 2.69. The molecular weight excluding hydrogens is 368 g/mol. The number of carbonyl (C=O) groups excluding carboxylic acids is 2. The zero-order valence-corrected chi connectivity index (χ0v) is 17.1. The Hall–Kier alpha value is -3.02. The van der Waals surface area contributed by atoms with Gasteiger partial charge < -0.3 is 19.3 Å². The summed E-state index contributed by atoms with van der Waals surface area (Å²) in [4.78, 5) is 28.5. The van der Waals surface area contributed by atoms with Crippen molar-refractivity contribution in [2.75, 3.05) is 39.9 Å². The summed E-state index contributed by atoms with van der Waals surface area (Å²) in [6.45, 7) is 4.21. The van der Waals surface area contributed by atoms with Crippen LogP contribution in [0.15, 0.2) is 48.5 Å². The second-order valence-corrected chi connectivity index (χ2v) is 7.18. The molecule has 1 heterocycles. The molecule has 0 N–H and O–H groups in total. The lowest BCUT2D eigenvalue weighted by molar-refractivity contribution is -0.140. The summed E-state index contributed by atoms with van der Waals surface area (Å²) in [6, 6.07) is 15.4. The van der Waals surface area contributed by atoms with Gasteiger partial charge in [-0.3, -0.25) is 9.59 Å². The fraction of sp³-hybridized carbons (Fsp3) is 0.391. The normalized spacial score (nSPS) is 13.9. The molecule has 0 aliphatic carbocycles. The Morgan fingerprint density at radius 2 is 1.52 bits per heavy atom. The van der Waals surface area contributed by atoms with Gasteiger partial charge in [-0.1, -0.05) is 35.9 Å². The maximum absolute atomic E-state index is 12.5. The first-order chi connectivity index (χ1) is 14.1. The molecule has 3 rings (SSSR count). The van der Waals surface area contributed by atoms with Crippen molar-refractivity contribution in [2.24, 2.45) is 0 Å². The van der Waals surface area contributed by atoms with Crippen molar-refractivity contribution in [3.05, 3.63) is 59.7 Å². The smallest absolute Gasteiger partial charge is 0.260 e. The van der Waals surface area contributed by atoms with Gasteiger partial charge in [0, 0.05) is 32.6 Å². The molecule has 29 heavy (non-hydrogen) atoms. The highest BCUT2D eigenvalue weighted by atomic mass is 16.5. The molecule has 1 fully saturated rings. The average Bonchev–Trinajstić information content (AvgIpc) is 2.77. The monoisotopic (exact) mass is 396 g/mol. The molecule has 6 nitrogen and oxygen atoms in total. The molecule has 2 amide bonds. The van der Waals surface area contributed by atoms with Crippen molar-refractivity contribution in [1.29, 1.82) is 0 Å². The Labute approximate surface area is 172 Å². The number of piperazine rings is 1. The highest BCUT2D eigenvalue weighted by molar-refractivity contribution is 5.79. The third-order valence-electron chi connectivity index (χ3n) is 5.17. The molecule has 2 aromatic carbocycles. The number of nitrogens with zero attached hydrogens (tertiary/aromatic N) is 2. The van der Waals surface area contributed by atoms with Crippen LogP contribution in [-0.2, 0) is 16.0 Å². The number of amides is 2. The third kappa shape index (κ3) is 5.73. The first-order valence-corrected chi connectivity index (χ1v) is 9.93. The van der Waals surface area contributed by atoms with Crippen LogP contribution < -0.4 is 9.47 Å². The molecule has 0 bridgehead atoms. The molecule has 154 valence electrons. The minimum atomic E-state index is -0.0494. The Balaban J connectivity index is 1.41. The SMILES string of the molecule is COc1ccccc1CCC(=O)N1CCN(C(=O)COc2ccc(C)cc2)CC1. The minimum absolute atomic E-state index is 0.0187. The summed E-state index contributed by atoms with van der Waals surface area (Å²) >= 11 is 0. The second kappa shape index (κ2) is 9.96. The number of rotatable bonds is 7. The number of aryl methyl sites for hydroxylation is 2. The van der Waals surface area contributed by atoms with E-state index in [4.69, 9.17) is 9.47 Å². The van der Waals surface area contributed by atoms with Crippen LogP contribution in [0.25, 0.3) is 0 Å². The summed E-state index contributed by atoms with van der Waals surface area (Å²) in [7, 11) is 1.64. The van der Waals surface area contributed by atoms with Crippen molar-refractivity contribution >= 4 is 11.8 Å². The molecule has 0 radical (unpaired) electrons. The first kappa shape index (κ1) is 20.7. The van der Waals surface area contributed by atoms with Gasteiger partial charge in [-0.15, -0.1) is 0 Å². The van der Waals surface area contributed by atoms with Gasteiger partial charge in [-0.25, -0.2) is 0 Å². The number of para-hydroxylation sites is 1. The molecule has 0 spiro atoms. The van der Waals surface area contributed by atoms with Crippen molar-refractivity contribution in [3.8, 4) is 11.5 Å². The van der Waals surface area contributed by atoms with E-state index in [1.807, 2.05) is 60.4 Å². The summed E-state index contributed by atoms with van der Waals surface area (Å²) in [5, 5.41) is 0. The molecule has 2 aromatic rings. The molecule has 6 heteroatoms. The van der Waals surface area contributed by atoms with Crippen LogP contribution in [0.4, 0.5) is 0 Å². The van der Waals surface area contributed by atoms with Crippen LogP contribution >= 0.6 is 0 Å². The van der Waals surface area contributed by atoms with Crippen LogP contribution in [0, 0.1) is 6.92 Å². The number of carbonyl (C=O) groups is 2. The van der Waals surface area contributed by atoms with Gasteiger partial charge in [0.05, 0.1) is 7.11 Å². The van der Waals surface area contributed by atoms with E-state index < -0.39 is 0 Å². The lowest BCUT2D eigenvalue weighted by Gasteiger charge is -2.34. The maximum Gasteiger partial charge on any atom is 0.260 e. The van der Waals surface area contributed by atoms with Gasteiger partial charge in [0.15, 0.2) is 6.61 Å². The van der Waals surface area contributed by atoms with E-state index in [9.17, 15) is 9.59 Å². The van der Waals surface area contributed by atoms with Gasteiger partial charge in [0.2, 0.25) is 5.91 Å². The number of methoxy groups -OCH3 is 1. The van der Waals surface area contributed by atoms with E-state index in [0.717, 1.165) is 16.9 Å². The second-order valence-electron chi connectivity index (χ2n) is 7.18. The van der Waals surface area contributed by atoms with Crippen LogP contribution in [0.3, 0.4) is 0 Å². The van der Waals surface area contributed by atoms with Crippen molar-refractivity contribution in [1.82, 2.24) is 9.80 Å². The summed E-state index contributed by atoms with van der Waals surface area (Å²) in [5.74, 6) is 1.56. The van der Waals surface area contributed by atoms with Gasteiger partial charge in [0.25, 0.3) is 5.91 Å². The van der Waals surface area contributed by atoms with Crippen LogP contribution in [0.2, 0.25) is 0 Å². The van der Waals surface area contributed by atoms with Crippen LogP contribution in [0.5, 0.6) is 11.5 Å². The van der Waals surface area contributed by atoms with Gasteiger partial charge in [-0.2, -0.15) is 0 Å². The minimum Gasteiger partial charge on any atom is -0.496 e. The van der Waals surface area contributed by atoms with E-state index in [1.54, 1.807) is 12.0 Å². The Bertz CT molecular complexity index is 827. The van der Waals surface area contributed by atoms with E-state index in [1.165, 1.54) is 0 Å². The fourth-order valence-corrected chi connectivity index (χ4v) is 3.39. The fourth-order valence-electron chi connectivity index (χ4n) is 3.39. The highest BCUT2D eigenvalue weighted by Crippen LogP contribution is 2.19. The van der Waals surface area contributed by atoms with Crippen molar-refractivity contribution < 1.29 is 19.1 Å². The Morgan fingerprint density at radius 1 is 0.897 bits per heavy atom. The van der Waals surface area contributed by atoms with Gasteiger partial charge >= 0.3 is 0 Å². The average molecular weight is 396 g/mol. The number of hydrogen-bond donors (Lipinski definition) is 0. The molecule has 0 aromatic heterocycles. The largest absolute Gasteiger partial charge is 0.496 e. The first-order valence-electron chi connectivity index (χ1n) is 9.93. The number of ether oxygens (including phenoxy) is 2. The maximum atomic E-state index is 12.5. The van der Waals surface area contributed by atoms with Gasteiger partial charge in [-0.05, 0) is 37.1 Å². The zero-order valence-electron chi connectivity index (χ0n) is 17.1. The highest BCUT2D eigenvalue weighted by Gasteiger charge is 2.24. The molecule has 1 aliphatic rings.